The summed E-state index contributed by atoms with van der Waals surface area (Å²) in [6.07, 6.45) is 0. The molecule has 1 aliphatic heterocycles. The van der Waals surface area contributed by atoms with E-state index >= 15 is 0 Å². The predicted octanol–water partition coefficient (Wildman–Crippen LogP) is 3.04. The quantitative estimate of drug-likeness (QED) is 0.426. The normalized spacial score (nSPS) is 18.5. The Morgan fingerprint density at radius 1 is 1.07 bits per heavy atom. The first-order valence-corrected chi connectivity index (χ1v) is 9.42. The van der Waals surface area contributed by atoms with Gasteiger partial charge in [0.05, 0.1) is 0 Å². The van der Waals surface area contributed by atoms with Gasteiger partial charge in [-0.3, -0.25) is 14.5 Å². The second-order valence-electron chi connectivity index (χ2n) is 6.84. The van der Waals surface area contributed by atoms with Crippen molar-refractivity contribution in [1.29, 1.82) is 0 Å². The van der Waals surface area contributed by atoms with Gasteiger partial charge in [0, 0.05) is 5.02 Å². The summed E-state index contributed by atoms with van der Waals surface area (Å²) in [5.74, 6) is -0.601. The highest BCUT2D eigenvalue weighted by atomic mass is 35.5. The molecular formula is C21H21ClN2O5. The predicted molar refractivity (Wildman–Crippen MR) is 107 cm³/mol. The van der Waals surface area contributed by atoms with Gasteiger partial charge < -0.3 is 14.8 Å². The van der Waals surface area contributed by atoms with Crippen molar-refractivity contribution in [3.05, 3.63) is 64.7 Å². The number of urea groups is 1. The Bertz CT molecular complexity index is 914. The summed E-state index contributed by atoms with van der Waals surface area (Å²) in [4.78, 5) is 38.0. The van der Waals surface area contributed by atoms with E-state index in [0.29, 0.717) is 16.3 Å². The third kappa shape index (κ3) is 4.68. The van der Waals surface area contributed by atoms with Gasteiger partial charge in [0.15, 0.2) is 0 Å². The number of imide groups is 1. The topological polar surface area (TPSA) is 84.9 Å². The second kappa shape index (κ2) is 8.53. The number of benzene rings is 2. The van der Waals surface area contributed by atoms with Gasteiger partial charge in [0.25, 0.3) is 5.91 Å². The third-order valence-corrected chi connectivity index (χ3v) is 4.87. The number of nitrogens with zero attached hydrogens (tertiary/aromatic N) is 1. The van der Waals surface area contributed by atoms with E-state index in [9.17, 15) is 14.4 Å². The molecule has 152 valence electrons. The fraction of sp³-hybridized carbons (Fsp3) is 0.286. The minimum absolute atomic E-state index is 0.0136. The third-order valence-electron chi connectivity index (χ3n) is 4.62. The number of hydrogen-bond donors (Lipinski definition) is 1. The van der Waals surface area contributed by atoms with Crippen LogP contribution in [0.15, 0.2) is 48.5 Å². The maximum Gasteiger partial charge on any atom is 0.326 e. The largest absolute Gasteiger partial charge is 0.490 e. The van der Waals surface area contributed by atoms with E-state index in [4.69, 9.17) is 21.1 Å². The van der Waals surface area contributed by atoms with Crippen LogP contribution in [-0.2, 0) is 19.9 Å². The molecule has 0 bridgehead atoms. The minimum atomic E-state index is -1.22. The summed E-state index contributed by atoms with van der Waals surface area (Å²) in [7, 11) is 0. The number of amides is 3. The van der Waals surface area contributed by atoms with E-state index in [1.54, 1.807) is 43.3 Å². The van der Waals surface area contributed by atoms with Gasteiger partial charge in [-0.25, -0.2) is 4.79 Å². The average Bonchev–Trinajstić information content (AvgIpc) is 2.91. The molecule has 29 heavy (non-hydrogen) atoms. The van der Waals surface area contributed by atoms with Gasteiger partial charge in [-0.1, -0.05) is 41.4 Å². The van der Waals surface area contributed by atoms with Crippen LogP contribution in [0.5, 0.6) is 5.75 Å². The lowest BCUT2D eigenvalue weighted by atomic mass is 9.91. The van der Waals surface area contributed by atoms with Crippen LogP contribution in [0.4, 0.5) is 4.79 Å². The zero-order valence-corrected chi connectivity index (χ0v) is 16.9. The first-order chi connectivity index (χ1) is 13.8. The van der Waals surface area contributed by atoms with Crippen LogP contribution in [-0.4, -0.2) is 42.6 Å². The van der Waals surface area contributed by atoms with Crippen molar-refractivity contribution in [2.75, 3.05) is 19.8 Å². The highest BCUT2D eigenvalue weighted by Crippen LogP contribution is 2.28. The monoisotopic (exact) mass is 416 g/mol. The molecule has 7 nitrogen and oxygen atoms in total. The molecule has 1 N–H and O–H groups in total. The van der Waals surface area contributed by atoms with Crippen molar-refractivity contribution >= 4 is 29.5 Å². The first kappa shape index (κ1) is 20.7. The Balaban J connectivity index is 1.52. The number of hydrogen-bond acceptors (Lipinski definition) is 5. The summed E-state index contributed by atoms with van der Waals surface area (Å²) < 4.78 is 10.5. The van der Waals surface area contributed by atoms with Gasteiger partial charge >= 0.3 is 12.0 Å². The molecule has 0 saturated carbocycles. The second-order valence-corrected chi connectivity index (χ2v) is 7.27. The summed E-state index contributed by atoms with van der Waals surface area (Å²) >= 11 is 5.80. The van der Waals surface area contributed by atoms with Crippen molar-refractivity contribution in [2.24, 2.45) is 0 Å². The Morgan fingerprint density at radius 3 is 2.38 bits per heavy atom. The number of esters is 1. The number of nitrogens with one attached hydrogen (secondary N) is 1. The summed E-state index contributed by atoms with van der Waals surface area (Å²) in [6.45, 7) is 3.20. The number of ether oxygens (including phenoxy) is 2. The molecule has 0 unspecified atom stereocenters. The van der Waals surface area contributed by atoms with E-state index in [0.717, 1.165) is 10.5 Å². The molecule has 2 aromatic carbocycles. The molecule has 0 aromatic heterocycles. The maximum atomic E-state index is 12.8. The Morgan fingerprint density at radius 2 is 1.72 bits per heavy atom. The Kier molecular flexibility index (Phi) is 6.08. The first-order valence-electron chi connectivity index (χ1n) is 9.05. The minimum Gasteiger partial charge on any atom is -0.490 e. The number of halogens is 1. The summed E-state index contributed by atoms with van der Waals surface area (Å²) in [6, 6.07) is 13.4. The molecule has 1 atom stereocenters. The summed E-state index contributed by atoms with van der Waals surface area (Å²) in [5.41, 5.74) is 0.465. The van der Waals surface area contributed by atoms with Crippen LogP contribution in [0.2, 0.25) is 5.02 Å². The van der Waals surface area contributed by atoms with E-state index in [1.165, 1.54) is 0 Å². The molecule has 3 rings (SSSR count). The molecule has 0 aliphatic carbocycles. The van der Waals surface area contributed by atoms with Crippen LogP contribution in [0.1, 0.15) is 18.1 Å². The molecule has 1 aliphatic rings. The van der Waals surface area contributed by atoms with Crippen molar-refractivity contribution in [3.8, 4) is 5.75 Å². The maximum absolute atomic E-state index is 12.8. The molecule has 1 fully saturated rings. The Labute approximate surface area is 173 Å². The van der Waals surface area contributed by atoms with E-state index in [-0.39, 0.29) is 13.2 Å². The van der Waals surface area contributed by atoms with Gasteiger partial charge in [0.2, 0.25) is 0 Å². The zero-order valence-electron chi connectivity index (χ0n) is 16.1. The average molecular weight is 417 g/mol. The molecule has 1 saturated heterocycles. The molecule has 3 amide bonds. The van der Waals surface area contributed by atoms with Crippen molar-refractivity contribution in [1.82, 2.24) is 10.2 Å². The van der Waals surface area contributed by atoms with Crippen molar-refractivity contribution in [2.45, 2.75) is 19.4 Å². The zero-order chi connectivity index (χ0) is 21.0. The number of carbonyl (C=O) groups is 3. The van der Waals surface area contributed by atoms with Crippen LogP contribution in [0, 0.1) is 6.92 Å². The lowest BCUT2D eigenvalue weighted by Gasteiger charge is -2.22. The number of aryl methyl sites for hydroxylation is 1. The van der Waals surface area contributed by atoms with Gasteiger partial charge in [-0.2, -0.15) is 0 Å². The molecule has 8 heteroatoms. The molecule has 2 aromatic rings. The highest BCUT2D eigenvalue weighted by Gasteiger charge is 2.49. The lowest BCUT2D eigenvalue weighted by molar-refractivity contribution is -0.148. The van der Waals surface area contributed by atoms with Crippen LogP contribution in [0.3, 0.4) is 0 Å². The van der Waals surface area contributed by atoms with Gasteiger partial charge in [0.1, 0.15) is 31.0 Å². The van der Waals surface area contributed by atoms with Crippen LogP contribution in [0.25, 0.3) is 0 Å². The number of carbonyl (C=O) groups excluding carboxylic acids is 3. The SMILES string of the molecule is Cc1ccc([C@]2(C)NC(=O)N(CC(=O)OCCOc3ccc(Cl)cc3)C2=O)cc1. The molecule has 1 heterocycles. The van der Waals surface area contributed by atoms with Crippen molar-refractivity contribution in [3.63, 3.8) is 0 Å². The van der Waals surface area contributed by atoms with Crippen molar-refractivity contribution < 1.29 is 23.9 Å². The van der Waals surface area contributed by atoms with Gasteiger partial charge in [-0.15, -0.1) is 0 Å². The Hall–Kier alpha value is -3.06. The van der Waals surface area contributed by atoms with Crippen LogP contribution < -0.4 is 10.1 Å². The van der Waals surface area contributed by atoms with Gasteiger partial charge in [-0.05, 0) is 43.7 Å². The summed E-state index contributed by atoms with van der Waals surface area (Å²) in [5, 5.41) is 3.25. The fourth-order valence-electron chi connectivity index (χ4n) is 2.94. The lowest BCUT2D eigenvalue weighted by Crippen LogP contribution is -2.41. The fourth-order valence-corrected chi connectivity index (χ4v) is 3.07. The molecule has 0 radical (unpaired) electrons. The smallest absolute Gasteiger partial charge is 0.326 e. The number of rotatable bonds is 7. The standard InChI is InChI=1S/C21H21ClN2O5/c1-14-3-5-15(6-4-14)21(2)19(26)24(20(27)23-21)13-18(25)29-12-11-28-17-9-7-16(22)8-10-17/h3-10H,11-13H2,1-2H3,(H,23,27)/t21-/m0/s1. The van der Waals surface area contributed by atoms with Crippen LogP contribution >= 0.6 is 11.6 Å². The highest BCUT2D eigenvalue weighted by molar-refractivity contribution is 6.30. The molecule has 0 spiro atoms. The molecular weight excluding hydrogens is 396 g/mol. The van der Waals surface area contributed by atoms with E-state index in [1.807, 2.05) is 19.1 Å². The van der Waals surface area contributed by atoms with E-state index < -0.39 is 30.0 Å². The van der Waals surface area contributed by atoms with E-state index in [2.05, 4.69) is 5.32 Å².